The molecular weight excluding hydrogens is 330 g/mol. The molecule has 1 heterocycles. The number of unbranched alkanes of at least 4 members (excludes halogenated alkanes) is 1. The van der Waals surface area contributed by atoms with E-state index in [0.717, 1.165) is 24.5 Å². The Morgan fingerprint density at radius 2 is 2.17 bits per heavy atom. The molecule has 0 saturated carbocycles. The smallest absolute Gasteiger partial charge is 0.311 e. The highest BCUT2D eigenvalue weighted by molar-refractivity contribution is 8.77. The zero-order chi connectivity index (χ0) is 17.1. The van der Waals surface area contributed by atoms with Crippen LogP contribution in [0.15, 0.2) is 36.1 Å². The second-order valence-corrected chi connectivity index (χ2v) is 8.00. The van der Waals surface area contributed by atoms with Crippen LogP contribution in [-0.4, -0.2) is 29.9 Å². The number of likely N-dealkylation sites (N-methyl/N-ethyl adjacent to an activating group) is 1. The van der Waals surface area contributed by atoms with Crippen LogP contribution in [0.3, 0.4) is 0 Å². The van der Waals surface area contributed by atoms with Gasteiger partial charge in [0.2, 0.25) is 5.91 Å². The minimum absolute atomic E-state index is 0.266. The fourth-order valence-electron chi connectivity index (χ4n) is 2.07. The summed E-state index contributed by atoms with van der Waals surface area (Å²) in [6.45, 7) is 5.21. The van der Waals surface area contributed by atoms with E-state index in [-0.39, 0.29) is 17.6 Å². The van der Waals surface area contributed by atoms with E-state index < -0.39 is 0 Å². The van der Waals surface area contributed by atoms with E-state index in [1.165, 1.54) is 12.2 Å². The first-order valence-electron chi connectivity index (χ1n) is 7.79. The lowest BCUT2D eigenvalue weighted by atomic mass is 10.1. The summed E-state index contributed by atoms with van der Waals surface area (Å²) in [4.78, 5) is 23.7. The molecule has 23 heavy (non-hydrogen) atoms. The summed E-state index contributed by atoms with van der Waals surface area (Å²) in [6, 6.07) is 0. The topological polar surface area (TPSA) is 55.4 Å². The van der Waals surface area contributed by atoms with Crippen LogP contribution < -0.4 is 5.32 Å². The van der Waals surface area contributed by atoms with Crippen molar-refractivity contribution >= 4 is 33.5 Å². The lowest BCUT2D eigenvalue weighted by Gasteiger charge is -2.09. The van der Waals surface area contributed by atoms with Gasteiger partial charge in [-0.15, -0.1) is 0 Å². The molecule has 1 atom stereocenters. The molecule has 1 saturated heterocycles. The van der Waals surface area contributed by atoms with Gasteiger partial charge in [0.1, 0.15) is 5.76 Å². The minimum Gasteiger partial charge on any atom is -0.426 e. The van der Waals surface area contributed by atoms with E-state index >= 15 is 0 Å². The van der Waals surface area contributed by atoms with Crippen molar-refractivity contribution in [3.63, 3.8) is 0 Å². The predicted octanol–water partition coefficient (Wildman–Crippen LogP) is 4.01. The van der Waals surface area contributed by atoms with Crippen LogP contribution in [0.5, 0.6) is 0 Å². The molecule has 0 spiro atoms. The van der Waals surface area contributed by atoms with Gasteiger partial charge in [0.25, 0.3) is 0 Å². The minimum atomic E-state index is -0.301. The third-order valence-electron chi connectivity index (χ3n) is 3.43. The molecule has 0 aromatic rings. The van der Waals surface area contributed by atoms with Crippen molar-refractivity contribution in [1.29, 1.82) is 0 Å². The lowest BCUT2D eigenvalue weighted by molar-refractivity contribution is -0.139. The molecule has 1 fully saturated rings. The van der Waals surface area contributed by atoms with Crippen LogP contribution in [-0.2, 0) is 14.3 Å². The van der Waals surface area contributed by atoms with Crippen LogP contribution in [0.4, 0.5) is 0 Å². The zero-order valence-corrected chi connectivity index (χ0v) is 15.4. The Labute approximate surface area is 146 Å². The van der Waals surface area contributed by atoms with E-state index in [0.29, 0.717) is 12.0 Å². The maximum atomic E-state index is 12.0. The molecule has 128 valence electrons. The first-order chi connectivity index (χ1) is 11.1. The molecule has 6 heteroatoms. The highest BCUT2D eigenvalue weighted by Crippen LogP contribution is 2.39. The molecule has 1 aliphatic heterocycles. The van der Waals surface area contributed by atoms with Gasteiger partial charge in [-0.1, -0.05) is 46.7 Å². The Bertz CT molecular complexity index is 480. The lowest BCUT2D eigenvalue weighted by Crippen LogP contribution is -2.20. The fraction of sp³-hybridized carbons (Fsp3) is 0.529. The number of hydrogen-bond donors (Lipinski definition) is 1. The molecule has 1 amide bonds. The number of allylic oxidation sites excluding steroid dienone is 3. The first-order valence-corrected chi connectivity index (χ1v) is 10.2. The van der Waals surface area contributed by atoms with Crippen LogP contribution in [0.1, 0.15) is 39.0 Å². The quantitative estimate of drug-likeness (QED) is 0.169. The van der Waals surface area contributed by atoms with Crippen molar-refractivity contribution < 1.29 is 14.3 Å². The van der Waals surface area contributed by atoms with Gasteiger partial charge in [-0.05, 0) is 32.3 Å². The van der Waals surface area contributed by atoms with Crippen LogP contribution in [0, 0.1) is 0 Å². The number of carbonyl (C=O) groups excluding carboxylic acids is 2. The predicted molar refractivity (Wildman–Crippen MR) is 99.1 cm³/mol. The van der Waals surface area contributed by atoms with Gasteiger partial charge in [-0.25, -0.2) is 0 Å². The second kappa shape index (κ2) is 11.4. The van der Waals surface area contributed by atoms with Gasteiger partial charge >= 0.3 is 5.97 Å². The Hall–Kier alpha value is -1.14. The van der Waals surface area contributed by atoms with E-state index in [2.05, 4.69) is 11.9 Å². The van der Waals surface area contributed by atoms with Crippen molar-refractivity contribution in [3.05, 3.63) is 36.1 Å². The van der Waals surface area contributed by atoms with Crippen molar-refractivity contribution in [2.75, 3.05) is 12.8 Å². The molecule has 0 radical (unpaired) electrons. The molecule has 1 N–H and O–H groups in total. The molecule has 1 aliphatic rings. The van der Waals surface area contributed by atoms with Gasteiger partial charge in [-0.3, -0.25) is 9.59 Å². The Morgan fingerprint density at radius 1 is 1.39 bits per heavy atom. The highest BCUT2D eigenvalue weighted by atomic mass is 33.1. The average molecular weight is 356 g/mol. The standard InChI is InChI=1S/C17H25NO3S2/c1-4-5-9-15(13(2)17(20)18-3)21-16(19)10-7-6-8-14-11-12-22-23-14/h4-5,9,14H,1,6-8,10-12H2,2-3H3,(H,18,20). The van der Waals surface area contributed by atoms with Gasteiger partial charge in [0.15, 0.2) is 0 Å². The van der Waals surface area contributed by atoms with Crippen molar-refractivity contribution in [1.82, 2.24) is 5.32 Å². The summed E-state index contributed by atoms with van der Waals surface area (Å²) < 4.78 is 5.35. The van der Waals surface area contributed by atoms with Crippen molar-refractivity contribution in [2.45, 2.75) is 44.3 Å². The second-order valence-electron chi connectivity index (χ2n) is 5.21. The Balaban J connectivity index is 2.44. The summed E-state index contributed by atoms with van der Waals surface area (Å²) in [5.41, 5.74) is 0.373. The SMILES string of the molecule is C=CC=CC(OC(=O)CCCCC1CCSS1)=C(C)C(=O)NC. The molecular formula is C17H25NO3S2. The van der Waals surface area contributed by atoms with Gasteiger partial charge in [0, 0.05) is 24.5 Å². The van der Waals surface area contributed by atoms with E-state index in [9.17, 15) is 9.59 Å². The van der Waals surface area contributed by atoms with E-state index in [1.807, 2.05) is 21.6 Å². The molecule has 0 aromatic carbocycles. The average Bonchev–Trinajstić information content (AvgIpc) is 3.07. The van der Waals surface area contributed by atoms with Gasteiger partial charge in [0.05, 0.1) is 5.57 Å². The monoisotopic (exact) mass is 355 g/mol. The number of carbonyl (C=O) groups is 2. The van der Waals surface area contributed by atoms with Gasteiger partial charge < -0.3 is 10.1 Å². The molecule has 4 nitrogen and oxygen atoms in total. The van der Waals surface area contributed by atoms with Crippen LogP contribution >= 0.6 is 21.6 Å². The zero-order valence-electron chi connectivity index (χ0n) is 13.8. The van der Waals surface area contributed by atoms with E-state index in [4.69, 9.17) is 4.74 Å². The van der Waals surface area contributed by atoms with E-state index in [1.54, 1.807) is 32.2 Å². The molecule has 1 rings (SSSR count). The number of hydrogen-bond acceptors (Lipinski definition) is 5. The third kappa shape index (κ3) is 7.79. The Kier molecular flexibility index (Phi) is 9.87. The summed E-state index contributed by atoms with van der Waals surface area (Å²) in [6.07, 6.45) is 9.44. The number of amides is 1. The molecule has 0 aliphatic carbocycles. The number of rotatable bonds is 9. The summed E-state index contributed by atoms with van der Waals surface area (Å²) in [7, 11) is 5.44. The maximum absolute atomic E-state index is 12.0. The number of ether oxygens (including phenoxy) is 1. The first kappa shape index (κ1) is 19.9. The normalized spacial score (nSPS) is 18.6. The van der Waals surface area contributed by atoms with Crippen LogP contribution in [0.2, 0.25) is 0 Å². The third-order valence-corrected chi connectivity index (χ3v) is 6.44. The largest absolute Gasteiger partial charge is 0.426 e. The van der Waals surface area contributed by atoms with Crippen molar-refractivity contribution in [3.8, 4) is 0 Å². The number of esters is 1. The summed E-state index contributed by atoms with van der Waals surface area (Å²) >= 11 is 0. The van der Waals surface area contributed by atoms with Gasteiger partial charge in [-0.2, -0.15) is 0 Å². The summed E-state index contributed by atoms with van der Waals surface area (Å²) in [5.74, 6) is 0.944. The molecule has 0 bridgehead atoms. The summed E-state index contributed by atoms with van der Waals surface area (Å²) in [5, 5.41) is 3.26. The fourth-order valence-corrected chi connectivity index (χ4v) is 5.10. The van der Waals surface area contributed by atoms with Crippen molar-refractivity contribution in [2.24, 2.45) is 0 Å². The molecule has 1 unspecified atom stereocenters. The highest BCUT2D eigenvalue weighted by Gasteiger charge is 2.16. The van der Waals surface area contributed by atoms with Crippen LogP contribution in [0.25, 0.3) is 0 Å². The Morgan fingerprint density at radius 3 is 2.78 bits per heavy atom. The maximum Gasteiger partial charge on any atom is 0.311 e. The molecule has 0 aromatic heterocycles. The number of nitrogens with one attached hydrogen (secondary N) is 1.